The van der Waals surface area contributed by atoms with Gasteiger partial charge in [0, 0.05) is 13.0 Å². The number of ether oxygens (including phenoxy) is 2. The molecular weight excluding hydrogens is 272 g/mol. The molecule has 6 heteroatoms. The smallest absolute Gasteiger partial charge is 0.242 e. The molecule has 1 aromatic rings. The minimum Gasteiger partial charge on any atom is -0.497 e. The van der Waals surface area contributed by atoms with Gasteiger partial charge in [0.15, 0.2) is 0 Å². The number of amides is 2. The van der Waals surface area contributed by atoms with E-state index in [1.54, 1.807) is 7.11 Å². The topological polar surface area (TPSA) is 76.7 Å². The van der Waals surface area contributed by atoms with Gasteiger partial charge in [0.05, 0.1) is 13.7 Å². The third kappa shape index (κ3) is 4.66. The van der Waals surface area contributed by atoms with Crippen molar-refractivity contribution < 1.29 is 19.1 Å². The van der Waals surface area contributed by atoms with Gasteiger partial charge in [0.2, 0.25) is 11.8 Å². The van der Waals surface area contributed by atoms with Gasteiger partial charge in [-0.2, -0.15) is 0 Å². The predicted molar refractivity (Wildman–Crippen MR) is 77.3 cm³/mol. The van der Waals surface area contributed by atoms with E-state index in [2.05, 4.69) is 10.6 Å². The highest BCUT2D eigenvalue weighted by Gasteiger charge is 2.26. The number of methoxy groups -OCH3 is 1. The van der Waals surface area contributed by atoms with Gasteiger partial charge in [-0.05, 0) is 37.1 Å². The molecule has 1 unspecified atom stereocenters. The zero-order valence-corrected chi connectivity index (χ0v) is 12.1. The minimum atomic E-state index is -0.375. The van der Waals surface area contributed by atoms with Crippen molar-refractivity contribution in [2.45, 2.75) is 25.3 Å². The Morgan fingerprint density at radius 2 is 2.05 bits per heavy atom. The van der Waals surface area contributed by atoms with Crippen LogP contribution in [0.25, 0.3) is 0 Å². The zero-order valence-electron chi connectivity index (χ0n) is 12.1. The first-order valence-electron chi connectivity index (χ1n) is 7.03. The molecule has 0 bridgehead atoms. The number of carbonyl (C=O) groups is 2. The van der Waals surface area contributed by atoms with Crippen LogP contribution in [0.4, 0.5) is 0 Å². The number of benzene rings is 1. The number of rotatable bonds is 7. The van der Waals surface area contributed by atoms with Crippen LogP contribution in [0.15, 0.2) is 24.3 Å². The van der Waals surface area contributed by atoms with E-state index in [0.29, 0.717) is 32.4 Å². The molecule has 1 aliphatic rings. The van der Waals surface area contributed by atoms with Crippen LogP contribution in [0.5, 0.6) is 11.5 Å². The summed E-state index contributed by atoms with van der Waals surface area (Å²) < 4.78 is 10.6. The Morgan fingerprint density at radius 1 is 1.33 bits per heavy atom. The molecule has 1 aliphatic heterocycles. The second-order valence-electron chi connectivity index (χ2n) is 4.83. The van der Waals surface area contributed by atoms with E-state index in [0.717, 1.165) is 11.5 Å². The number of hydrogen-bond donors (Lipinski definition) is 2. The molecule has 2 amide bonds. The Labute approximate surface area is 123 Å². The molecular formula is C15H20N2O4. The summed E-state index contributed by atoms with van der Waals surface area (Å²) in [6.45, 7) is 1.05. The Hall–Kier alpha value is -2.24. The fraction of sp³-hybridized carbons (Fsp3) is 0.467. The lowest BCUT2D eigenvalue weighted by Crippen LogP contribution is -2.42. The van der Waals surface area contributed by atoms with Gasteiger partial charge in [-0.1, -0.05) is 0 Å². The summed E-state index contributed by atoms with van der Waals surface area (Å²) >= 11 is 0. The summed E-state index contributed by atoms with van der Waals surface area (Å²) in [5.41, 5.74) is 0. The third-order valence-corrected chi connectivity index (χ3v) is 3.26. The van der Waals surface area contributed by atoms with Crippen molar-refractivity contribution in [2.24, 2.45) is 0 Å². The van der Waals surface area contributed by atoms with E-state index in [4.69, 9.17) is 9.47 Å². The molecule has 1 aromatic carbocycles. The fourth-order valence-corrected chi connectivity index (χ4v) is 2.08. The van der Waals surface area contributed by atoms with Gasteiger partial charge in [-0.25, -0.2) is 0 Å². The Kier molecular flexibility index (Phi) is 5.43. The van der Waals surface area contributed by atoms with Crippen molar-refractivity contribution in [2.75, 3.05) is 20.3 Å². The summed E-state index contributed by atoms with van der Waals surface area (Å²) in [6.07, 6.45) is 1.71. The van der Waals surface area contributed by atoms with Crippen LogP contribution < -0.4 is 20.1 Å². The second kappa shape index (κ2) is 7.52. The number of nitrogens with one attached hydrogen (secondary N) is 2. The van der Waals surface area contributed by atoms with Gasteiger partial charge in [0.1, 0.15) is 17.5 Å². The monoisotopic (exact) mass is 292 g/mol. The van der Waals surface area contributed by atoms with Gasteiger partial charge >= 0.3 is 0 Å². The predicted octanol–water partition coefficient (Wildman–Crippen LogP) is 0.859. The molecule has 2 rings (SSSR count). The van der Waals surface area contributed by atoms with Crippen LogP contribution in [0, 0.1) is 0 Å². The average Bonchev–Trinajstić information content (AvgIpc) is 2.94. The van der Waals surface area contributed by atoms with E-state index in [-0.39, 0.29) is 17.9 Å². The molecule has 0 radical (unpaired) electrons. The normalized spacial score (nSPS) is 17.2. The highest BCUT2D eigenvalue weighted by molar-refractivity contribution is 5.90. The van der Waals surface area contributed by atoms with Crippen molar-refractivity contribution in [3.05, 3.63) is 24.3 Å². The Morgan fingerprint density at radius 3 is 2.67 bits per heavy atom. The van der Waals surface area contributed by atoms with Crippen LogP contribution in [0.1, 0.15) is 19.3 Å². The van der Waals surface area contributed by atoms with Crippen molar-refractivity contribution >= 4 is 11.8 Å². The summed E-state index contributed by atoms with van der Waals surface area (Å²) in [5, 5.41) is 5.43. The van der Waals surface area contributed by atoms with Gasteiger partial charge < -0.3 is 20.1 Å². The molecule has 114 valence electrons. The third-order valence-electron chi connectivity index (χ3n) is 3.26. The maximum absolute atomic E-state index is 11.7. The van der Waals surface area contributed by atoms with Crippen LogP contribution in [-0.4, -0.2) is 38.1 Å². The molecule has 6 nitrogen and oxygen atoms in total. The van der Waals surface area contributed by atoms with Crippen molar-refractivity contribution in [1.29, 1.82) is 0 Å². The molecule has 0 spiro atoms. The largest absolute Gasteiger partial charge is 0.497 e. The van der Waals surface area contributed by atoms with Crippen LogP contribution in [-0.2, 0) is 9.59 Å². The molecule has 1 fully saturated rings. The van der Waals surface area contributed by atoms with Crippen molar-refractivity contribution in [3.63, 3.8) is 0 Å². The summed E-state index contributed by atoms with van der Waals surface area (Å²) in [4.78, 5) is 22.7. The van der Waals surface area contributed by atoms with Crippen LogP contribution >= 0.6 is 0 Å². The summed E-state index contributed by atoms with van der Waals surface area (Å²) in [5.74, 6) is 1.38. The van der Waals surface area contributed by atoms with Gasteiger partial charge in [0.25, 0.3) is 0 Å². The van der Waals surface area contributed by atoms with Crippen molar-refractivity contribution in [1.82, 2.24) is 10.6 Å². The molecule has 2 N–H and O–H groups in total. The first-order valence-corrected chi connectivity index (χ1v) is 7.03. The maximum Gasteiger partial charge on any atom is 0.242 e. The standard InChI is InChI=1S/C15H20N2O4/c1-20-11-3-5-12(6-4-11)21-10-2-9-16-15(19)13-7-8-14(18)17-13/h3-6,13H,2,7-10H2,1H3,(H,16,19)(H,17,18). The molecule has 21 heavy (non-hydrogen) atoms. The van der Waals surface area contributed by atoms with E-state index in [1.165, 1.54) is 0 Å². The van der Waals surface area contributed by atoms with E-state index < -0.39 is 0 Å². The minimum absolute atomic E-state index is 0.0574. The summed E-state index contributed by atoms with van der Waals surface area (Å²) in [6, 6.07) is 6.97. The molecule has 1 heterocycles. The summed E-state index contributed by atoms with van der Waals surface area (Å²) in [7, 11) is 1.62. The van der Waals surface area contributed by atoms with Gasteiger partial charge in [-0.3, -0.25) is 9.59 Å². The first kappa shape index (κ1) is 15.2. The number of hydrogen-bond acceptors (Lipinski definition) is 4. The molecule has 0 saturated carbocycles. The lowest BCUT2D eigenvalue weighted by molar-refractivity contribution is -0.125. The van der Waals surface area contributed by atoms with Crippen LogP contribution in [0.3, 0.4) is 0 Å². The molecule has 1 saturated heterocycles. The first-order chi connectivity index (χ1) is 10.2. The van der Waals surface area contributed by atoms with E-state index in [1.807, 2.05) is 24.3 Å². The van der Waals surface area contributed by atoms with Crippen LogP contribution in [0.2, 0.25) is 0 Å². The lowest BCUT2D eigenvalue weighted by atomic mass is 10.2. The molecule has 0 aliphatic carbocycles. The average molecular weight is 292 g/mol. The SMILES string of the molecule is COc1ccc(OCCCNC(=O)C2CCC(=O)N2)cc1. The Balaban J connectivity index is 1.59. The highest BCUT2D eigenvalue weighted by atomic mass is 16.5. The number of carbonyl (C=O) groups excluding carboxylic acids is 2. The maximum atomic E-state index is 11.7. The Bertz CT molecular complexity index is 487. The molecule has 1 atom stereocenters. The molecule has 0 aromatic heterocycles. The quantitative estimate of drug-likeness (QED) is 0.731. The van der Waals surface area contributed by atoms with E-state index in [9.17, 15) is 9.59 Å². The van der Waals surface area contributed by atoms with Crippen molar-refractivity contribution in [3.8, 4) is 11.5 Å². The highest BCUT2D eigenvalue weighted by Crippen LogP contribution is 2.16. The zero-order chi connectivity index (χ0) is 15.1. The lowest BCUT2D eigenvalue weighted by Gasteiger charge is -2.11. The fourth-order valence-electron chi connectivity index (χ4n) is 2.08. The second-order valence-corrected chi connectivity index (χ2v) is 4.83. The van der Waals surface area contributed by atoms with E-state index >= 15 is 0 Å². The van der Waals surface area contributed by atoms with Gasteiger partial charge in [-0.15, -0.1) is 0 Å².